The van der Waals surface area contributed by atoms with Crippen molar-refractivity contribution >= 4 is 35.4 Å². The van der Waals surface area contributed by atoms with Crippen LogP contribution in [0.5, 0.6) is 5.75 Å². The molecule has 35 heavy (non-hydrogen) atoms. The zero-order valence-corrected chi connectivity index (χ0v) is 18.6. The van der Waals surface area contributed by atoms with Gasteiger partial charge in [0.25, 0.3) is 6.43 Å². The van der Waals surface area contributed by atoms with Crippen LogP contribution in [0.1, 0.15) is 11.3 Å². The Morgan fingerprint density at radius 1 is 1.14 bits per heavy atom. The summed E-state index contributed by atoms with van der Waals surface area (Å²) in [5, 5.41) is 11.5. The minimum absolute atomic E-state index is 0.338. The molecule has 1 aliphatic carbocycles. The summed E-state index contributed by atoms with van der Waals surface area (Å²) in [6.07, 6.45) is -8.72. The highest BCUT2D eigenvalue weighted by molar-refractivity contribution is 6.38. The first-order chi connectivity index (χ1) is 15.9. The zero-order valence-electron chi connectivity index (χ0n) is 17.1. The van der Waals surface area contributed by atoms with E-state index in [0.29, 0.717) is 16.8 Å². The number of hydrogen-bond acceptors (Lipinski definition) is 4. The number of aromatic nitrogens is 2. The molecule has 0 N–H and O–H groups in total. The van der Waals surface area contributed by atoms with Gasteiger partial charge in [-0.2, -0.15) is 27.9 Å². The van der Waals surface area contributed by atoms with Gasteiger partial charge in [0.1, 0.15) is 17.5 Å². The Bertz CT molecular complexity index is 1200. The van der Waals surface area contributed by atoms with Crippen LogP contribution >= 0.6 is 23.2 Å². The van der Waals surface area contributed by atoms with Crippen molar-refractivity contribution in [2.24, 2.45) is 4.99 Å². The summed E-state index contributed by atoms with van der Waals surface area (Å²) in [7, 11) is 2.70. The number of aliphatic imine (C=N–C) groups is 1. The van der Waals surface area contributed by atoms with E-state index < -0.39 is 68.6 Å². The van der Waals surface area contributed by atoms with Crippen LogP contribution in [0, 0.1) is 11.3 Å². The topological polar surface area (TPSA) is 66.4 Å². The van der Waals surface area contributed by atoms with Crippen molar-refractivity contribution in [3.8, 4) is 17.5 Å². The standard InChI is InChI=1S/C18H10Cl2F9N5O/c1-33(2)6-31-13-11(15(14(21)22)16(23,24)17(15,25)26)10(5-30)32-34(13)12-8(19)3-7(4-9(12)20)35-18(27,28)29/h3-4,6,14H,1-2H3/b31-6-. The van der Waals surface area contributed by atoms with E-state index in [1.807, 2.05) is 0 Å². The average molecular weight is 554 g/mol. The summed E-state index contributed by atoms with van der Waals surface area (Å²) in [5.74, 6) is -12.6. The van der Waals surface area contributed by atoms with E-state index in [9.17, 15) is 44.8 Å². The lowest BCUT2D eigenvalue weighted by molar-refractivity contribution is -0.274. The predicted octanol–water partition coefficient (Wildman–Crippen LogP) is 5.96. The highest BCUT2D eigenvalue weighted by atomic mass is 35.5. The van der Waals surface area contributed by atoms with Crippen molar-refractivity contribution in [2.75, 3.05) is 14.1 Å². The Labute approximate surface area is 200 Å². The second-order valence-electron chi connectivity index (χ2n) is 7.32. The van der Waals surface area contributed by atoms with Gasteiger partial charge in [0.2, 0.25) is 5.41 Å². The molecule has 1 saturated carbocycles. The third kappa shape index (κ3) is 3.92. The van der Waals surface area contributed by atoms with Crippen LogP contribution in [0.25, 0.3) is 5.69 Å². The molecule has 0 atom stereocenters. The van der Waals surface area contributed by atoms with E-state index >= 15 is 0 Å². The Hall–Kier alpha value is -2.86. The molecule has 17 heteroatoms. The summed E-state index contributed by atoms with van der Waals surface area (Å²) in [5.41, 5.74) is -7.98. The number of nitrogens with zero attached hydrogens (tertiary/aromatic N) is 5. The van der Waals surface area contributed by atoms with Gasteiger partial charge in [-0.15, -0.1) is 13.2 Å². The third-order valence-electron chi connectivity index (χ3n) is 4.86. The molecule has 3 rings (SSSR count). The number of halogens is 11. The summed E-state index contributed by atoms with van der Waals surface area (Å²) in [6.45, 7) is 0. The number of benzene rings is 1. The van der Waals surface area contributed by atoms with Crippen LogP contribution in [0.2, 0.25) is 10.0 Å². The van der Waals surface area contributed by atoms with Crippen LogP contribution in [-0.4, -0.2) is 59.7 Å². The minimum Gasteiger partial charge on any atom is -0.406 e. The molecule has 0 unspecified atom stereocenters. The molecular weight excluding hydrogens is 544 g/mol. The average Bonchev–Trinajstić information content (AvgIpc) is 2.91. The van der Waals surface area contributed by atoms with Crippen LogP contribution in [0.15, 0.2) is 17.1 Å². The van der Waals surface area contributed by atoms with Crippen molar-refractivity contribution in [2.45, 2.75) is 30.0 Å². The maximum absolute atomic E-state index is 14.2. The first kappa shape index (κ1) is 26.7. The molecule has 1 aromatic carbocycles. The number of rotatable bonds is 6. The molecule has 0 amide bonds. The van der Waals surface area contributed by atoms with Crippen molar-refractivity contribution < 1.29 is 44.3 Å². The van der Waals surface area contributed by atoms with Gasteiger partial charge in [-0.1, -0.05) is 23.2 Å². The van der Waals surface area contributed by atoms with E-state index in [1.54, 1.807) is 0 Å². The van der Waals surface area contributed by atoms with Gasteiger partial charge in [-0.05, 0) is 0 Å². The predicted molar refractivity (Wildman–Crippen MR) is 104 cm³/mol. The fourth-order valence-electron chi connectivity index (χ4n) is 3.37. The Kier molecular flexibility index (Phi) is 6.39. The molecule has 0 aliphatic heterocycles. The van der Waals surface area contributed by atoms with Crippen LogP contribution in [0.4, 0.5) is 45.3 Å². The van der Waals surface area contributed by atoms with Gasteiger partial charge in [-0.3, -0.25) is 0 Å². The normalized spacial score (nSPS) is 18.1. The molecule has 6 nitrogen and oxygen atoms in total. The highest BCUT2D eigenvalue weighted by Crippen LogP contribution is 2.76. The maximum Gasteiger partial charge on any atom is 0.573 e. The fourth-order valence-corrected chi connectivity index (χ4v) is 3.99. The van der Waals surface area contributed by atoms with Crippen molar-refractivity contribution in [1.82, 2.24) is 14.7 Å². The van der Waals surface area contributed by atoms with Gasteiger partial charge in [-0.25, -0.2) is 18.5 Å². The van der Waals surface area contributed by atoms with Crippen molar-refractivity contribution in [3.63, 3.8) is 0 Å². The zero-order chi connectivity index (χ0) is 26.7. The molecule has 190 valence electrons. The molecule has 2 aromatic rings. The van der Waals surface area contributed by atoms with E-state index in [2.05, 4.69) is 14.8 Å². The minimum atomic E-state index is -5.30. The molecule has 1 aromatic heterocycles. The third-order valence-corrected chi connectivity index (χ3v) is 5.43. The van der Waals surface area contributed by atoms with E-state index in [4.69, 9.17) is 23.2 Å². The fraction of sp³-hybridized carbons (Fsp3) is 0.389. The molecular formula is C18H10Cl2F9N5O. The van der Waals surface area contributed by atoms with E-state index in [-0.39, 0.29) is 0 Å². The first-order valence-corrected chi connectivity index (χ1v) is 9.72. The highest BCUT2D eigenvalue weighted by Gasteiger charge is 3.01. The van der Waals surface area contributed by atoms with Gasteiger partial charge in [0.15, 0.2) is 11.5 Å². The molecule has 0 radical (unpaired) electrons. The van der Waals surface area contributed by atoms with Gasteiger partial charge < -0.3 is 9.64 Å². The molecule has 0 bridgehead atoms. The number of alkyl halides is 9. The summed E-state index contributed by atoms with van der Waals surface area (Å²) in [6, 6.07) is 2.32. The summed E-state index contributed by atoms with van der Waals surface area (Å²) < 4.78 is 126. The quantitative estimate of drug-likeness (QED) is 0.251. The second-order valence-corrected chi connectivity index (χ2v) is 8.13. The molecule has 0 saturated heterocycles. The van der Waals surface area contributed by atoms with E-state index in [0.717, 1.165) is 11.2 Å². The van der Waals surface area contributed by atoms with E-state index in [1.165, 1.54) is 20.2 Å². The molecule has 1 aliphatic rings. The summed E-state index contributed by atoms with van der Waals surface area (Å²) in [4.78, 5) is 4.82. The lowest BCUT2D eigenvalue weighted by Gasteiger charge is -2.16. The van der Waals surface area contributed by atoms with Crippen LogP contribution in [0.3, 0.4) is 0 Å². The van der Waals surface area contributed by atoms with Crippen molar-refractivity contribution in [3.05, 3.63) is 33.4 Å². The lowest BCUT2D eigenvalue weighted by atomic mass is 9.94. The lowest BCUT2D eigenvalue weighted by Crippen LogP contribution is -2.29. The van der Waals surface area contributed by atoms with Gasteiger partial charge in [0.05, 0.1) is 21.9 Å². The SMILES string of the molecule is CN(C)/C=N\c1c(C2(C(F)F)C(F)(F)C2(F)F)c(C#N)nn1-c1c(Cl)cc(OC(F)(F)F)cc1Cl. The molecule has 0 spiro atoms. The van der Waals surface area contributed by atoms with Crippen LogP contribution in [-0.2, 0) is 5.41 Å². The van der Waals surface area contributed by atoms with Crippen LogP contribution < -0.4 is 4.74 Å². The number of nitriles is 1. The first-order valence-electron chi connectivity index (χ1n) is 8.97. The van der Waals surface area contributed by atoms with Crippen molar-refractivity contribution in [1.29, 1.82) is 5.26 Å². The Morgan fingerprint density at radius 3 is 2.03 bits per heavy atom. The maximum atomic E-state index is 14.2. The Balaban J connectivity index is 2.38. The smallest absolute Gasteiger partial charge is 0.406 e. The molecule has 1 heterocycles. The second kappa shape index (κ2) is 8.37. The van der Waals surface area contributed by atoms with Gasteiger partial charge in [0, 0.05) is 26.2 Å². The largest absolute Gasteiger partial charge is 0.573 e. The molecule has 1 fully saturated rings. The van der Waals surface area contributed by atoms with Gasteiger partial charge >= 0.3 is 18.2 Å². The number of ether oxygens (including phenoxy) is 1. The number of hydrogen-bond donors (Lipinski definition) is 0. The Morgan fingerprint density at radius 2 is 1.66 bits per heavy atom. The monoisotopic (exact) mass is 553 g/mol. The summed E-state index contributed by atoms with van der Waals surface area (Å²) >= 11 is 11.9.